The van der Waals surface area contributed by atoms with E-state index in [1.807, 2.05) is 17.0 Å². The number of fused-ring (bicyclic) bond motifs is 1. The van der Waals surface area contributed by atoms with Crippen molar-refractivity contribution in [1.82, 2.24) is 14.7 Å². The summed E-state index contributed by atoms with van der Waals surface area (Å²) in [7, 11) is 0. The number of benzene rings is 1. The summed E-state index contributed by atoms with van der Waals surface area (Å²) >= 11 is 0. The van der Waals surface area contributed by atoms with Crippen LogP contribution in [0.1, 0.15) is 30.6 Å². The fourth-order valence-electron chi connectivity index (χ4n) is 4.65. The average molecular weight is 412 g/mol. The quantitative estimate of drug-likeness (QED) is 0.723. The van der Waals surface area contributed by atoms with Crippen molar-refractivity contribution in [2.45, 2.75) is 20.3 Å². The van der Waals surface area contributed by atoms with E-state index in [-0.39, 0.29) is 17.4 Å². The lowest BCUT2D eigenvalue weighted by Crippen LogP contribution is -2.53. The standard InChI is InChI=1S/C23H29N3O4/c1-16-11-17(2)14-26(13-16)21(27)15-24-7-9-25(10-8-24)22(28)19-12-18-5-3-4-6-20(18)30-23(19)29/h3-6,12,16-17H,7-11,13-15H2,1-2H3. The lowest BCUT2D eigenvalue weighted by Gasteiger charge is -2.38. The predicted molar refractivity (Wildman–Crippen MR) is 114 cm³/mol. The Morgan fingerprint density at radius 1 is 1.00 bits per heavy atom. The van der Waals surface area contributed by atoms with E-state index in [1.54, 1.807) is 23.1 Å². The Morgan fingerprint density at radius 3 is 2.37 bits per heavy atom. The second kappa shape index (κ2) is 8.60. The minimum absolute atomic E-state index is 0.0644. The van der Waals surface area contributed by atoms with E-state index in [0.29, 0.717) is 50.1 Å². The predicted octanol–water partition coefficient (Wildman–Crippen LogP) is 2.06. The Bertz CT molecular complexity index is 983. The molecule has 30 heavy (non-hydrogen) atoms. The van der Waals surface area contributed by atoms with Gasteiger partial charge >= 0.3 is 5.63 Å². The Morgan fingerprint density at radius 2 is 1.67 bits per heavy atom. The molecule has 0 bridgehead atoms. The van der Waals surface area contributed by atoms with Gasteiger partial charge in [0.2, 0.25) is 5.91 Å². The van der Waals surface area contributed by atoms with Crippen LogP contribution in [-0.4, -0.2) is 72.3 Å². The molecule has 0 saturated carbocycles. The van der Waals surface area contributed by atoms with Crippen molar-refractivity contribution in [3.05, 3.63) is 46.3 Å². The summed E-state index contributed by atoms with van der Waals surface area (Å²) in [6.07, 6.45) is 1.17. The highest BCUT2D eigenvalue weighted by Gasteiger charge is 2.29. The molecule has 2 aliphatic rings. The Labute approximate surface area is 176 Å². The molecule has 1 aromatic heterocycles. The van der Waals surface area contributed by atoms with Crippen molar-refractivity contribution in [2.24, 2.45) is 11.8 Å². The van der Waals surface area contributed by atoms with E-state index in [2.05, 4.69) is 18.7 Å². The lowest BCUT2D eigenvalue weighted by molar-refractivity contribution is -0.135. The van der Waals surface area contributed by atoms with Crippen molar-refractivity contribution in [2.75, 3.05) is 45.8 Å². The lowest BCUT2D eigenvalue weighted by atomic mass is 9.92. The van der Waals surface area contributed by atoms with Crippen molar-refractivity contribution >= 4 is 22.8 Å². The molecule has 2 fully saturated rings. The molecule has 7 heteroatoms. The molecule has 3 heterocycles. The SMILES string of the molecule is CC1CC(C)CN(C(=O)CN2CCN(C(=O)c3cc4ccccc4oc3=O)CC2)C1. The zero-order valence-electron chi connectivity index (χ0n) is 17.7. The summed E-state index contributed by atoms with van der Waals surface area (Å²) in [6, 6.07) is 8.78. The minimum atomic E-state index is -0.607. The largest absolute Gasteiger partial charge is 0.422 e. The molecule has 2 amide bonds. The molecule has 1 aromatic carbocycles. The van der Waals surface area contributed by atoms with Crippen LogP contribution in [-0.2, 0) is 4.79 Å². The number of hydrogen-bond donors (Lipinski definition) is 0. The molecule has 4 rings (SSSR count). The maximum absolute atomic E-state index is 12.9. The number of piperazine rings is 1. The molecule has 0 spiro atoms. The summed E-state index contributed by atoms with van der Waals surface area (Å²) in [5.41, 5.74) is -0.0668. The van der Waals surface area contributed by atoms with Crippen molar-refractivity contribution < 1.29 is 14.0 Å². The monoisotopic (exact) mass is 411 g/mol. The van der Waals surface area contributed by atoms with Crippen molar-refractivity contribution in [3.63, 3.8) is 0 Å². The Hall–Kier alpha value is -2.67. The minimum Gasteiger partial charge on any atom is -0.422 e. The Kier molecular flexibility index (Phi) is 5.90. The Balaban J connectivity index is 1.35. The van der Waals surface area contributed by atoms with Gasteiger partial charge in [-0.2, -0.15) is 0 Å². The van der Waals surface area contributed by atoms with E-state index in [1.165, 1.54) is 6.42 Å². The normalized spacial score (nSPS) is 23.0. The highest BCUT2D eigenvalue weighted by molar-refractivity contribution is 5.96. The van der Waals surface area contributed by atoms with Crippen LogP contribution in [0, 0.1) is 11.8 Å². The first-order valence-corrected chi connectivity index (χ1v) is 10.7. The maximum atomic E-state index is 12.9. The third kappa shape index (κ3) is 4.41. The molecule has 0 aliphatic carbocycles. The smallest absolute Gasteiger partial charge is 0.349 e. The van der Waals surface area contributed by atoms with Gasteiger partial charge in [-0.1, -0.05) is 32.0 Å². The highest BCUT2D eigenvalue weighted by atomic mass is 16.4. The van der Waals surface area contributed by atoms with Crippen molar-refractivity contribution in [3.8, 4) is 0 Å². The van der Waals surface area contributed by atoms with Crippen LogP contribution in [0.4, 0.5) is 0 Å². The number of carbonyl (C=O) groups excluding carboxylic acids is 2. The van der Waals surface area contributed by atoms with Crippen LogP contribution in [0.15, 0.2) is 39.5 Å². The summed E-state index contributed by atoms with van der Waals surface area (Å²) in [4.78, 5) is 43.6. The van der Waals surface area contributed by atoms with Crippen LogP contribution >= 0.6 is 0 Å². The number of hydrogen-bond acceptors (Lipinski definition) is 5. The van der Waals surface area contributed by atoms with Gasteiger partial charge in [0.15, 0.2) is 0 Å². The third-order valence-corrected chi connectivity index (χ3v) is 6.11. The molecule has 0 N–H and O–H groups in total. The average Bonchev–Trinajstić information content (AvgIpc) is 2.72. The third-order valence-electron chi connectivity index (χ3n) is 6.11. The fourth-order valence-corrected chi connectivity index (χ4v) is 4.65. The van der Waals surface area contributed by atoms with E-state index < -0.39 is 5.63 Å². The van der Waals surface area contributed by atoms with E-state index >= 15 is 0 Å². The van der Waals surface area contributed by atoms with Gasteiger partial charge in [0.1, 0.15) is 11.1 Å². The van der Waals surface area contributed by atoms with Gasteiger partial charge in [-0.05, 0) is 30.4 Å². The number of para-hydroxylation sites is 1. The number of likely N-dealkylation sites (tertiary alicyclic amines) is 1. The second-order valence-electron chi connectivity index (χ2n) is 8.80. The molecule has 2 aliphatic heterocycles. The zero-order chi connectivity index (χ0) is 21.3. The molecule has 0 radical (unpaired) electrons. The van der Waals surface area contributed by atoms with E-state index in [0.717, 1.165) is 18.5 Å². The molecule has 160 valence electrons. The van der Waals surface area contributed by atoms with Crippen molar-refractivity contribution in [1.29, 1.82) is 0 Å². The summed E-state index contributed by atoms with van der Waals surface area (Å²) in [6.45, 7) is 8.67. The van der Waals surface area contributed by atoms with Crippen LogP contribution in [0.5, 0.6) is 0 Å². The molecular weight excluding hydrogens is 382 g/mol. The van der Waals surface area contributed by atoms with E-state index in [9.17, 15) is 14.4 Å². The van der Waals surface area contributed by atoms with Gasteiger partial charge < -0.3 is 14.2 Å². The molecule has 2 aromatic rings. The number of piperidine rings is 1. The zero-order valence-corrected chi connectivity index (χ0v) is 17.7. The second-order valence-corrected chi connectivity index (χ2v) is 8.80. The number of rotatable bonds is 3. The first-order chi connectivity index (χ1) is 14.4. The van der Waals surface area contributed by atoms with Gasteiger partial charge in [-0.25, -0.2) is 4.79 Å². The van der Waals surface area contributed by atoms with Gasteiger partial charge in [0.25, 0.3) is 5.91 Å². The number of carbonyl (C=O) groups is 2. The molecular formula is C23H29N3O4. The van der Waals surface area contributed by atoms with Crippen LogP contribution < -0.4 is 5.63 Å². The topological polar surface area (TPSA) is 74.1 Å². The summed E-state index contributed by atoms with van der Waals surface area (Å²) < 4.78 is 5.30. The first-order valence-electron chi connectivity index (χ1n) is 10.7. The molecule has 2 atom stereocenters. The van der Waals surface area contributed by atoms with Crippen LogP contribution in [0.2, 0.25) is 0 Å². The number of nitrogens with zero attached hydrogens (tertiary/aromatic N) is 3. The highest BCUT2D eigenvalue weighted by Crippen LogP contribution is 2.21. The fraction of sp³-hybridized carbons (Fsp3) is 0.522. The molecule has 2 unspecified atom stereocenters. The van der Waals surface area contributed by atoms with Gasteiger partial charge in [0, 0.05) is 44.7 Å². The summed E-state index contributed by atoms with van der Waals surface area (Å²) in [5.74, 6) is 0.948. The van der Waals surface area contributed by atoms with Gasteiger partial charge in [-0.3, -0.25) is 14.5 Å². The number of amides is 2. The van der Waals surface area contributed by atoms with Gasteiger partial charge in [0.05, 0.1) is 6.54 Å². The van der Waals surface area contributed by atoms with E-state index in [4.69, 9.17) is 4.42 Å². The van der Waals surface area contributed by atoms with Gasteiger partial charge in [-0.15, -0.1) is 0 Å². The first kappa shape index (κ1) is 20.6. The summed E-state index contributed by atoms with van der Waals surface area (Å²) in [5, 5.41) is 0.731. The molecule has 7 nitrogen and oxygen atoms in total. The van der Waals surface area contributed by atoms with Crippen LogP contribution in [0.25, 0.3) is 11.0 Å². The maximum Gasteiger partial charge on any atom is 0.349 e. The molecule has 2 saturated heterocycles. The van der Waals surface area contributed by atoms with Crippen LogP contribution in [0.3, 0.4) is 0 Å².